The quantitative estimate of drug-likeness (QED) is 0.332. The monoisotopic (exact) mass is 495 g/mol. The van der Waals surface area contributed by atoms with E-state index in [9.17, 15) is 9.59 Å². The highest BCUT2D eigenvalue weighted by molar-refractivity contribution is 7.99. The molecule has 4 aromatic rings. The minimum atomic E-state index is -0.450. The van der Waals surface area contributed by atoms with Gasteiger partial charge in [0.15, 0.2) is 10.9 Å². The van der Waals surface area contributed by atoms with Gasteiger partial charge < -0.3 is 15.1 Å². The molecule has 0 bridgehead atoms. The number of thioether (sulfide) groups is 1. The molecular weight excluding hydrogens is 474 g/mol. The molecule has 0 saturated carbocycles. The van der Waals surface area contributed by atoms with Crippen molar-refractivity contribution in [1.82, 2.24) is 14.8 Å². The Morgan fingerprint density at radius 2 is 1.85 bits per heavy atom. The Morgan fingerprint density at radius 1 is 1.03 bits per heavy atom. The fourth-order valence-electron chi connectivity index (χ4n) is 3.31. The van der Waals surface area contributed by atoms with Gasteiger partial charge in [-0.2, -0.15) is 0 Å². The van der Waals surface area contributed by atoms with Crippen molar-refractivity contribution in [1.29, 1.82) is 0 Å². The summed E-state index contributed by atoms with van der Waals surface area (Å²) in [6.07, 6.45) is 1.41. The Bertz CT molecular complexity index is 1350. The molecule has 2 amide bonds. The number of nitrogens with one attached hydrogen (secondary N) is 2. The van der Waals surface area contributed by atoms with Crippen LogP contribution in [0.4, 0.5) is 11.4 Å². The number of amides is 2. The zero-order chi connectivity index (χ0) is 24.2. The molecule has 2 aromatic heterocycles. The van der Waals surface area contributed by atoms with Gasteiger partial charge in [-0.05, 0) is 68.3 Å². The van der Waals surface area contributed by atoms with E-state index in [1.165, 1.54) is 18.0 Å². The van der Waals surface area contributed by atoms with Crippen molar-refractivity contribution in [3.8, 4) is 5.69 Å². The van der Waals surface area contributed by atoms with Gasteiger partial charge in [0, 0.05) is 5.02 Å². The summed E-state index contributed by atoms with van der Waals surface area (Å²) in [4.78, 5) is 25.1. The Kier molecular flexibility index (Phi) is 7.04. The molecule has 10 heteroatoms. The second-order valence-electron chi connectivity index (χ2n) is 7.61. The van der Waals surface area contributed by atoms with Crippen molar-refractivity contribution in [2.75, 3.05) is 16.4 Å². The standard InChI is InChI=1S/C24H22ClN5O3S/c1-14-6-7-15(2)20(11-14)30-16(3)28-29-24(30)34-13-22(31)26-18-9-8-17(25)12-19(18)27-23(32)21-5-4-10-33-21/h4-12H,13H2,1-3H3,(H,26,31)(H,27,32). The van der Waals surface area contributed by atoms with Gasteiger partial charge in [-0.15, -0.1) is 10.2 Å². The third-order valence-electron chi connectivity index (χ3n) is 4.98. The number of hydrogen-bond acceptors (Lipinski definition) is 6. The molecule has 0 aliphatic rings. The molecule has 4 rings (SSSR count). The average molecular weight is 496 g/mol. The Labute approximate surface area is 205 Å². The van der Waals surface area contributed by atoms with E-state index in [0.29, 0.717) is 21.6 Å². The van der Waals surface area contributed by atoms with Crippen molar-refractivity contribution < 1.29 is 14.0 Å². The summed E-state index contributed by atoms with van der Waals surface area (Å²) in [5.41, 5.74) is 3.96. The third-order valence-corrected chi connectivity index (χ3v) is 6.15. The van der Waals surface area contributed by atoms with Gasteiger partial charge in [0.05, 0.1) is 29.1 Å². The van der Waals surface area contributed by atoms with Gasteiger partial charge >= 0.3 is 0 Å². The lowest BCUT2D eigenvalue weighted by atomic mass is 10.1. The molecule has 2 aromatic carbocycles. The predicted molar refractivity (Wildman–Crippen MR) is 133 cm³/mol. The van der Waals surface area contributed by atoms with Crippen LogP contribution in [0.2, 0.25) is 5.02 Å². The Hall–Kier alpha value is -3.56. The van der Waals surface area contributed by atoms with Gasteiger partial charge in [-0.25, -0.2) is 0 Å². The molecule has 174 valence electrons. The van der Waals surface area contributed by atoms with Crippen molar-refractivity contribution >= 4 is 46.6 Å². The van der Waals surface area contributed by atoms with Crippen LogP contribution in [0.25, 0.3) is 5.69 Å². The van der Waals surface area contributed by atoms with E-state index in [2.05, 4.69) is 26.9 Å². The number of furan rings is 1. The smallest absolute Gasteiger partial charge is 0.291 e. The van der Waals surface area contributed by atoms with Crippen LogP contribution in [0.15, 0.2) is 64.4 Å². The summed E-state index contributed by atoms with van der Waals surface area (Å²) in [5.74, 6) is 0.256. The second kappa shape index (κ2) is 10.1. The lowest BCUT2D eigenvalue weighted by Crippen LogP contribution is -2.18. The topological polar surface area (TPSA) is 102 Å². The van der Waals surface area contributed by atoms with Crippen LogP contribution < -0.4 is 10.6 Å². The average Bonchev–Trinajstić information content (AvgIpc) is 3.46. The number of halogens is 1. The maximum absolute atomic E-state index is 12.8. The number of nitrogens with zero attached hydrogens (tertiary/aromatic N) is 3. The maximum atomic E-state index is 12.8. The first-order valence-electron chi connectivity index (χ1n) is 10.4. The number of rotatable bonds is 7. The number of aryl methyl sites for hydroxylation is 3. The zero-order valence-corrected chi connectivity index (χ0v) is 20.3. The molecular formula is C24H22ClN5O3S. The van der Waals surface area contributed by atoms with Crippen molar-refractivity contribution in [2.24, 2.45) is 0 Å². The molecule has 2 N–H and O–H groups in total. The highest BCUT2D eigenvalue weighted by Gasteiger charge is 2.17. The minimum Gasteiger partial charge on any atom is -0.459 e. The van der Waals surface area contributed by atoms with E-state index >= 15 is 0 Å². The van der Waals surface area contributed by atoms with E-state index in [0.717, 1.165) is 22.6 Å². The fraction of sp³-hybridized carbons (Fsp3) is 0.167. The molecule has 8 nitrogen and oxygen atoms in total. The van der Waals surface area contributed by atoms with Gasteiger partial charge in [-0.3, -0.25) is 14.2 Å². The molecule has 0 atom stereocenters. The molecule has 0 unspecified atom stereocenters. The number of anilines is 2. The summed E-state index contributed by atoms with van der Waals surface area (Å²) in [7, 11) is 0. The van der Waals surface area contributed by atoms with Crippen LogP contribution in [0.1, 0.15) is 27.5 Å². The highest BCUT2D eigenvalue weighted by Crippen LogP contribution is 2.28. The molecule has 0 saturated heterocycles. The van der Waals surface area contributed by atoms with E-state index in [1.54, 1.807) is 30.3 Å². The van der Waals surface area contributed by atoms with Gasteiger partial charge in [0.2, 0.25) is 5.91 Å². The summed E-state index contributed by atoms with van der Waals surface area (Å²) in [6.45, 7) is 5.92. The first-order valence-corrected chi connectivity index (χ1v) is 11.7. The number of carbonyl (C=O) groups excluding carboxylic acids is 2. The summed E-state index contributed by atoms with van der Waals surface area (Å²) in [6, 6.07) is 14.1. The van der Waals surface area contributed by atoms with Crippen LogP contribution in [-0.2, 0) is 4.79 Å². The molecule has 0 aliphatic carbocycles. The van der Waals surface area contributed by atoms with Crippen LogP contribution in [-0.4, -0.2) is 32.3 Å². The normalized spacial score (nSPS) is 10.8. The van der Waals surface area contributed by atoms with Crippen LogP contribution >= 0.6 is 23.4 Å². The first kappa shape index (κ1) is 23.6. The summed E-state index contributed by atoms with van der Waals surface area (Å²) in [5, 5.41) is 15.0. The molecule has 34 heavy (non-hydrogen) atoms. The SMILES string of the molecule is Cc1ccc(C)c(-n2c(C)nnc2SCC(=O)Nc2ccc(Cl)cc2NC(=O)c2ccco2)c1. The Balaban J connectivity index is 1.48. The lowest BCUT2D eigenvalue weighted by Gasteiger charge is -2.13. The van der Waals surface area contributed by atoms with E-state index in [-0.39, 0.29) is 17.4 Å². The third kappa shape index (κ3) is 5.32. The van der Waals surface area contributed by atoms with Gasteiger partial charge in [-0.1, -0.05) is 35.5 Å². The van der Waals surface area contributed by atoms with E-state index in [4.69, 9.17) is 16.0 Å². The largest absolute Gasteiger partial charge is 0.459 e. The number of carbonyl (C=O) groups is 2. The maximum Gasteiger partial charge on any atom is 0.291 e. The predicted octanol–water partition coefficient (Wildman–Crippen LogP) is 5.42. The molecule has 0 aliphatic heterocycles. The molecule has 0 fully saturated rings. The second-order valence-corrected chi connectivity index (χ2v) is 8.99. The summed E-state index contributed by atoms with van der Waals surface area (Å²) < 4.78 is 7.06. The number of hydrogen-bond donors (Lipinski definition) is 2. The van der Waals surface area contributed by atoms with E-state index < -0.39 is 5.91 Å². The number of benzene rings is 2. The molecule has 0 radical (unpaired) electrons. The zero-order valence-electron chi connectivity index (χ0n) is 18.8. The van der Waals surface area contributed by atoms with Gasteiger partial charge in [0.25, 0.3) is 5.91 Å². The Morgan fingerprint density at radius 3 is 2.62 bits per heavy atom. The van der Waals surface area contributed by atoms with Crippen LogP contribution in [0.3, 0.4) is 0 Å². The van der Waals surface area contributed by atoms with Crippen LogP contribution in [0.5, 0.6) is 0 Å². The first-order chi connectivity index (χ1) is 16.3. The fourth-order valence-corrected chi connectivity index (χ4v) is 4.27. The van der Waals surface area contributed by atoms with E-state index in [1.807, 2.05) is 37.5 Å². The van der Waals surface area contributed by atoms with Gasteiger partial charge in [0.1, 0.15) is 5.82 Å². The van der Waals surface area contributed by atoms with Crippen LogP contribution in [0, 0.1) is 20.8 Å². The molecule has 0 spiro atoms. The molecule has 2 heterocycles. The summed E-state index contributed by atoms with van der Waals surface area (Å²) >= 11 is 7.37. The number of aromatic nitrogens is 3. The van der Waals surface area contributed by atoms with Crippen molar-refractivity contribution in [3.05, 3.63) is 82.5 Å². The van der Waals surface area contributed by atoms with Crippen molar-refractivity contribution in [3.63, 3.8) is 0 Å². The lowest BCUT2D eigenvalue weighted by molar-refractivity contribution is -0.113. The minimum absolute atomic E-state index is 0.0944. The van der Waals surface area contributed by atoms with Crippen molar-refractivity contribution in [2.45, 2.75) is 25.9 Å². The highest BCUT2D eigenvalue weighted by atomic mass is 35.5.